The first kappa shape index (κ1) is 14.0. The summed E-state index contributed by atoms with van der Waals surface area (Å²) in [5.41, 5.74) is 0.463. The first-order valence-electron chi connectivity index (χ1n) is 6.16. The van der Waals surface area contributed by atoms with E-state index >= 15 is 0 Å². The van der Waals surface area contributed by atoms with E-state index in [0.29, 0.717) is 18.8 Å². The fraction of sp³-hybridized carbons (Fsp3) is 0.462. The van der Waals surface area contributed by atoms with Crippen molar-refractivity contribution >= 4 is 21.8 Å². The van der Waals surface area contributed by atoms with Gasteiger partial charge < -0.3 is 4.90 Å². The van der Waals surface area contributed by atoms with Crippen LogP contribution >= 0.6 is 15.9 Å². The second kappa shape index (κ2) is 6.13. The highest BCUT2D eigenvalue weighted by atomic mass is 79.9. The zero-order chi connectivity index (χ0) is 13.8. The second-order valence-corrected chi connectivity index (χ2v) is 5.41. The Labute approximate surface area is 121 Å². The van der Waals surface area contributed by atoms with E-state index < -0.39 is 0 Å². The molecule has 1 unspecified atom stereocenters. The van der Waals surface area contributed by atoms with Crippen molar-refractivity contribution in [3.8, 4) is 6.07 Å². The van der Waals surface area contributed by atoms with Gasteiger partial charge in [0.05, 0.1) is 12.1 Å². The van der Waals surface area contributed by atoms with Crippen LogP contribution in [0.3, 0.4) is 0 Å². The monoisotopic (exact) mass is 322 g/mol. The maximum absolute atomic E-state index is 12.2. The van der Waals surface area contributed by atoms with Crippen LogP contribution in [0.1, 0.15) is 17.4 Å². The zero-order valence-corrected chi connectivity index (χ0v) is 12.3. The predicted molar refractivity (Wildman–Crippen MR) is 74.5 cm³/mol. The summed E-state index contributed by atoms with van der Waals surface area (Å²) in [4.78, 5) is 20.2. The minimum Gasteiger partial charge on any atom is -0.335 e. The third kappa shape index (κ3) is 3.31. The van der Waals surface area contributed by atoms with Crippen molar-refractivity contribution in [2.24, 2.45) is 0 Å². The Bertz CT molecular complexity index is 488. The number of nitrogens with zero attached hydrogens (tertiary/aromatic N) is 4. The largest absolute Gasteiger partial charge is 0.335 e. The molecular formula is C13H15BrN4O. The van der Waals surface area contributed by atoms with Crippen LogP contribution in [0.15, 0.2) is 22.8 Å². The summed E-state index contributed by atoms with van der Waals surface area (Å²) in [7, 11) is 0. The minimum atomic E-state index is -0.0944. The molecule has 1 saturated heterocycles. The van der Waals surface area contributed by atoms with Gasteiger partial charge in [-0.05, 0) is 35.0 Å². The molecule has 100 valence electrons. The van der Waals surface area contributed by atoms with Crippen molar-refractivity contribution < 1.29 is 4.79 Å². The summed E-state index contributed by atoms with van der Waals surface area (Å²) in [6, 6.07) is 5.66. The Morgan fingerprint density at radius 1 is 1.42 bits per heavy atom. The molecule has 0 aliphatic carbocycles. The molecule has 6 heteroatoms. The highest BCUT2D eigenvalue weighted by molar-refractivity contribution is 9.10. The molecule has 0 aromatic carbocycles. The number of hydrogen-bond acceptors (Lipinski definition) is 4. The molecule has 1 fully saturated rings. The van der Waals surface area contributed by atoms with E-state index in [2.05, 4.69) is 31.9 Å². The number of piperazine rings is 1. The highest BCUT2D eigenvalue weighted by Crippen LogP contribution is 2.12. The summed E-state index contributed by atoms with van der Waals surface area (Å²) >= 11 is 3.30. The molecule has 0 N–H and O–H groups in total. The lowest BCUT2D eigenvalue weighted by Gasteiger charge is -2.35. The summed E-state index contributed by atoms with van der Waals surface area (Å²) in [5.74, 6) is -0.0447. The molecule has 19 heavy (non-hydrogen) atoms. The SMILES string of the molecule is CC(C#N)N1CCN(C(=O)c2ccc(Br)cn2)CC1. The third-order valence-electron chi connectivity index (χ3n) is 3.28. The van der Waals surface area contributed by atoms with E-state index in [1.54, 1.807) is 17.2 Å². The zero-order valence-electron chi connectivity index (χ0n) is 10.7. The van der Waals surface area contributed by atoms with Gasteiger partial charge in [0, 0.05) is 36.8 Å². The van der Waals surface area contributed by atoms with E-state index in [9.17, 15) is 4.79 Å². The van der Waals surface area contributed by atoms with E-state index in [1.807, 2.05) is 13.0 Å². The van der Waals surface area contributed by atoms with Crippen LogP contribution in [-0.2, 0) is 0 Å². The van der Waals surface area contributed by atoms with Gasteiger partial charge in [0.1, 0.15) is 5.69 Å². The standard InChI is InChI=1S/C13H15BrN4O/c1-10(8-15)17-4-6-18(7-5-17)13(19)12-3-2-11(14)9-16-12/h2-3,9-10H,4-7H2,1H3. The van der Waals surface area contributed by atoms with Crippen LogP contribution in [0.5, 0.6) is 0 Å². The Morgan fingerprint density at radius 3 is 2.63 bits per heavy atom. The molecule has 5 nitrogen and oxygen atoms in total. The molecule has 1 aliphatic rings. The molecule has 2 rings (SSSR count). The van der Waals surface area contributed by atoms with E-state index in [-0.39, 0.29) is 11.9 Å². The Morgan fingerprint density at radius 2 is 2.11 bits per heavy atom. The Kier molecular flexibility index (Phi) is 4.51. The van der Waals surface area contributed by atoms with Gasteiger partial charge in [-0.15, -0.1) is 0 Å². The Balaban J connectivity index is 1.96. The topological polar surface area (TPSA) is 60.2 Å². The molecule has 0 saturated carbocycles. The molecule has 0 radical (unpaired) electrons. The fourth-order valence-electron chi connectivity index (χ4n) is 2.06. The minimum absolute atomic E-state index is 0.0447. The van der Waals surface area contributed by atoms with Crippen molar-refractivity contribution in [2.45, 2.75) is 13.0 Å². The third-order valence-corrected chi connectivity index (χ3v) is 3.75. The molecule has 1 aromatic heterocycles. The number of carbonyl (C=O) groups is 1. The molecule has 1 atom stereocenters. The van der Waals surface area contributed by atoms with Crippen LogP contribution in [0, 0.1) is 11.3 Å². The molecule has 1 amide bonds. The number of amides is 1. The van der Waals surface area contributed by atoms with Crippen LogP contribution in [0.25, 0.3) is 0 Å². The van der Waals surface area contributed by atoms with Gasteiger partial charge in [-0.1, -0.05) is 0 Å². The van der Waals surface area contributed by atoms with Gasteiger partial charge in [0.25, 0.3) is 5.91 Å². The summed E-state index contributed by atoms with van der Waals surface area (Å²) in [5, 5.41) is 8.88. The lowest BCUT2D eigenvalue weighted by molar-refractivity contribution is 0.0610. The number of carbonyl (C=O) groups excluding carboxylic acids is 1. The van der Waals surface area contributed by atoms with Gasteiger partial charge in [-0.2, -0.15) is 5.26 Å². The number of halogens is 1. The van der Waals surface area contributed by atoms with Crippen LogP contribution in [0.2, 0.25) is 0 Å². The van der Waals surface area contributed by atoms with Crippen LogP contribution in [0.4, 0.5) is 0 Å². The van der Waals surface area contributed by atoms with Gasteiger partial charge >= 0.3 is 0 Å². The van der Waals surface area contributed by atoms with E-state index in [4.69, 9.17) is 5.26 Å². The summed E-state index contributed by atoms with van der Waals surface area (Å²) in [6.07, 6.45) is 1.63. The van der Waals surface area contributed by atoms with Crippen molar-refractivity contribution in [3.05, 3.63) is 28.5 Å². The molecule has 0 spiro atoms. The van der Waals surface area contributed by atoms with Gasteiger partial charge in [-0.25, -0.2) is 4.98 Å². The number of nitriles is 1. The molecular weight excluding hydrogens is 308 g/mol. The predicted octanol–water partition coefficient (Wildman–Crippen LogP) is 1.51. The van der Waals surface area contributed by atoms with Crippen LogP contribution < -0.4 is 0 Å². The van der Waals surface area contributed by atoms with E-state index in [0.717, 1.165) is 17.6 Å². The molecule has 2 heterocycles. The number of aromatic nitrogens is 1. The number of pyridine rings is 1. The first-order valence-corrected chi connectivity index (χ1v) is 6.95. The van der Waals surface area contributed by atoms with E-state index in [1.165, 1.54) is 0 Å². The Hall–Kier alpha value is -1.45. The van der Waals surface area contributed by atoms with Gasteiger partial charge in [0.2, 0.25) is 0 Å². The number of hydrogen-bond donors (Lipinski definition) is 0. The lowest BCUT2D eigenvalue weighted by atomic mass is 10.2. The normalized spacial score (nSPS) is 17.8. The second-order valence-electron chi connectivity index (χ2n) is 4.49. The molecule has 0 bridgehead atoms. The van der Waals surface area contributed by atoms with Crippen molar-refractivity contribution in [1.29, 1.82) is 5.26 Å². The smallest absolute Gasteiger partial charge is 0.272 e. The summed E-state index contributed by atoms with van der Waals surface area (Å²) in [6.45, 7) is 4.63. The fourth-order valence-corrected chi connectivity index (χ4v) is 2.29. The maximum Gasteiger partial charge on any atom is 0.272 e. The maximum atomic E-state index is 12.2. The van der Waals surface area contributed by atoms with Crippen molar-refractivity contribution in [3.63, 3.8) is 0 Å². The highest BCUT2D eigenvalue weighted by Gasteiger charge is 2.25. The average Bonchev–Trinajstić information content (AvgIpc) is 2.46. The first-order chi connectivity index (χ1) is 9.11. The number of rotatable bonds is 2. The van der Waals surface area contributed by atoms with Gasteiger partial charge in [-0.3, -0.25) is 9.69 Å². The van der Waals surface area contributed by atoms with Crippen molar-refractivity contribution in [1.82, 2.24) is 14.8 Å². The lowest BCUT2D eigenvalue weighted by Crippen LogP contribution is -2.51. The van der Waals surface area contributed by atoms with Crippen molar-refractivity contribution in [2.75, 3.05) is 26.2 Å². The molecule has 1 aliphatic heterocycles. The van der Waals surface area contributed by atoms with Crippen LogP contribution in [-0.4, -0.2) is 52.9 Å². The quantitative estimate of drug-likeness (QED) is 0.828. The average molecular weight is 323 g/mol. The molecule has 1 aromatic rings. The summed E-state index contributed by atoms with van der Waals surface area (Å²) < 4.78 is 0.858. The van der Waals surface area contributed by atoms with Gasteiger partial charge in [0.15, 0.2) is 0 Å².